The zero-order valence-electron chi connectivity index (χ0n) is 13.4. The summed E-state index contributed by atoms with van der Waals surface area (Å²) in [6, 6.07) is 2.25. The molecule has 0 bridgehead atoms. The molecule has 3 atom stereocenters. The molecule has 25 heavy (non-hydrogen) atoms. The minimum Gasteiger partial charge on any atom is -0.391 e. The number of rotatable bonds is 3. The molecular weight excluding hydrogens is 328 g/mol. The number of carbonyl (C=O) groups is 1. The first-order chi connectivity index (χ1) is 11.9. The van der Waals surface area contributed by atoms with Gasteiger partial charge < -0.3 is 21.3 Å². The van der Waals surface area contributed by atoms with Crippen molar-refractivity contribution >= 4 is 23.4 Å². The number of pyridine rings is 1. The van der Waals surface area contributed by atoms with Crippen molar-refractivity contribution in [3.05, 3.63) is 40.4 Å². The third-order valence-corrected chi connectivity index (χ3v) is 3.98. The zero-order valence-corrected chi connectivity index (χ0v) is 13.4. The second-order valence-electron chi connectivity index (χ2n) is 5.74. The molecule has 10 heteroatoms. The minimum atomic E-state index is -1.28. The molecule has 0 radical (unpaired) electrons. The number of nitrogen functional groups attached to an aromatic ring is 1. The van der Waals surface area contributed by atoms with E-state index >= 15 is 0 Å². The fraction of sp³-hybridized carbons (Fsp3) is 0.333. The molecule has 3 unspecified atom stereocenters. The van der Waals surface area contributed by atoms with Crippen LogP contribution < -0.4 is 21.5 Å². The van der Waals surface area contributed by atoms with Crippen molar-refractivity contribution in [2.45, 2.75) is 25.2 Å². The predicted octanol–water partition coefficient (Wildman–Crippen LogP) is -1.07. The van der Waals surface area contributed by atoms with E-state index in [4.69, 9.17) is 5.73 Å². The number of H-pyrrole nitrogens is 1. The molecule has 1 aliphatic rings. The molecule has 1 amide bonds. The van der Waals surface area contributed by atoms with E-state index < -0.39 is 29.7 Å². The first kappa shape index (κ1) is 16.9. The van der Waals surface area contributed by atoms with Gasteiger partial charge >= 0.3 is 0 Å². The van der Waals surface area contributed by atoms with Crippen LogP contribution in [-0.2, 0) is 0 Å². The minimum absolute atomic E-state index is 0.0704. The summed E-state index contributed by atoms with van der Waals surface area (Å²) in [6.07, 6.45) is 0.477. The third kappa shape index (κ3) is 3.04. The summed E-state index contributed by atoms with van der Waals surface area (Å²) >= 11 is 0. The van der Waals surface area contributed by atoms with Gasteiger partial charge in [-0.3, -0.25) is 24.5 Å². The quantitative estimate of drug-likeness (QED) is 0.470. The number of fused-ring (bicyclic) bond motifs is 1. The molecule has 0 fully saturated rings. The number of nitrogens with one attached hydrogen (secondary N) is 2. The van der Waals surface area contributed by atoms with Gasteiger partial charge in [-0.05, 0) is 19.1 Å². The molecule has 0 aliphatic carbocycles. The normalized spacial score (nSPS) is 18.8. The number of nitrogens with zero attached hydrogens (tertiary/aromatic N) is 3. The second-order valence-corrected chi connectivity index (χ2v) is 5.74. The topological polar surface area (TPSA) is 157 Å². The Morgan fingerprint density at radius 1 is 1.48 bits per heavy atom. The van der Waals surface area contributed by atoms with E-state index in [0.29, 0.717) is 0 Å². The van der Waals surface area contributed by atoms with Gasteiger partial charge in [0.25, 0.3) is 11.5 Å². The van der Waals surface area contributed by atoms with E-state index in [1.165, 1.54) is 19.3 Å². The number of aliphatic hydroxyl groups is 2. The van der Waals surface area contributed by atoms with Crippen LogP contribution in [0.3, 0.4) is 0 Å². The lowest BCUT2D eigenvalue weighted by atomic mass is 10.0. The van der Waals surface area contributed by atoms with E-state index in [1.54, 1.807) is 12.1 Å². The molecule has 132 valence electrons. The molecule has 0 spiro atoms. The first-order valence-corrected chi connectivity index (χ1v) is 7.63. The Balaban J connectivity index is 2.14. The molecular formula is C15H18N6O4. The summed E-state index contributed by atoms with van der Waals surface area (Å²) in [5.41, 5.74) is 5.08. The van der Waals surface area contributed by atoms with E-state index in [1.807, 2.05) is 0 Å². The van der Waals surface area contributed by atoms with Gasteiger partial charge in [0.15, 0.2) is 11.5 Å². The number of hydrogen-bond donors (Lipinski definition) is 5. The van der Waals surface area contributed by atoms with Crippen molar-refractivity contribution in [2.75, 3.05) is 22.5 Å². The summed E-state index contributed by atoms with van der Waals surface area (Å²) in [5.74, 6) is -0.510. The monoisotopic (exact) mass is 346 g/mol. The number of amides is 1. The van der Waals surface area contributed by atoms with Crippen molar-refractivity contribution in [2.24, 2.45) is 0 Å². The maximum absolute atomic E-state index is 13.0. The van der Waals surface area contributed by atoms with Crippen LogP contribution >= 0.6 is 0 Å². The maximum atomic E-state index is 13.0. The average molecular weight is 346 g/mol. The predicted molar refractivity (Wildman–Crippen MR) is 90.3 cm³/mol. The van der Waals surface area contributed by atoms with Crippen molar-refractivity contribution in [3.63, 3.8) is 0 Å². The van der Waals surface area contributed by atoms with Gasteiger partial charge in [-0.2, -0.15) is 4.98 Å². The average Bonchev–Trinajstić information content (AvgIpc) is 2.60. The van der Waals surface area contributed by atoms with Crippen LogP contribution in [0.25, 0.3) is 0 Å². The van der Waals surface area contributed by atoms with Gasteiger partial charge in [0.1, 0.15) is 6.10 Å². The van der Waals surface area contributed by atoms with Crippen LogP contribution in [0.5, 0.6) is 0 Å². The Hall–Kier alpha value is -2.98. The highest BCUT2D eigenvalue weighted by molar-refractivity contribution is 6.08. The molecule has 1 aliphatic heterocycles. The fourth-order valence-electron chi connectivity index (χ4n) is 2.76. The highest BCUT2D eigenvalue weighted by atomic mass is 16.3. The van der Waals surface area contributed by atoms with Crippen molar-refractivity contribution < 1.29 is 15.0 Å². The number of hydrogen-bond acceptors (Lipinski definition) is 8. The molecule has 3 rings (SSSR count). The molecule has 2 aromatic heterocycles. The Morgan fingerprint density at radius 3 is 2.88 bits per heavy atom. The number of aliphatic hydroxyl groups excluding tert-OH is 2. The largest absolute Gasteiger partial charge is 0.391 e. The van der Waals surface area contributed by atoms with Crippen molar-refractivity contribution in [1.82, 2.24) is 15.0 Å². The van der Waals surface area contributed by atoms with Crippen molar-refractivity contribution in [1.29, 1.82) is 0 Å². The summed E-state index contributed by atoms with van der Waals surface area (Å²) in [4.78, 5) is 36.8. The summed E-state index contributed by atoms with van der Waals surface area (Å²) < 4.78 is 0. The summed E-state index contributed by atoms with van der Waals surface area (Å²) in [7, 11) is 0. The summed E-state index contributed by atoms with van der Waals surface area (Å²) in [6.45, 7) is 1.49. The van der Waals surface area contributed by atoms with Crippen molar-refractivity contribution in [3.8, 4) is 0 Å². The van der Waals surface area contributed by atoms with Gasteiger partial charge in [-0.25, -0.2) is 0 Å². The second kappa shape index (κ2) is 6.49. The number of aromatic nitrogens is 3. The van der Waals surface area contributed by atoms with Gasteiger partial charge in [0, 0.05) is 18.9 Å². The Bertz CT molecular complexity index is 838. The Morgan fingerprint density at radius 2 is 2.24 bits per heavy atom. The van der Waals surface area contributed by atoms with Crippen LogP contribution in [0.2, 0.25) is 0 Å². The van der Waals surface area contributed by atoms with Gasteiger partial charge in [0.05, 0.1) is 17.7 Å². The molecule has 10 nitrogen and oxygen atoms in total. The highest BCUT2D eigenvalue weighted by Crippen LogP contribution is 2.29. The van der Waals surface area contributed by atoms with Crippen LogP contribution in [-0.4, -0.2) is 55.9 Å². The lowest BCUT2D eigenvalue weighted by Crippen LogP contribution is -2.58. The van der Waals surface area contributed by atoms with Gasteiger partial charge in [0.2, 0.25) is 5.95 Å². The molecule has 6 N–H and O–H groups in total. The van der Waals surface area contributed by atoms with Gasteiger partial charge in [-0.15, -0.1) is 0 Å². The lowest BCUT2D eigenvalue weighted by Gasteiger charge is -2.39. The van der Waals surface area contributed by atoms with Crippen LogP contribution in [0.4, 0.5) is 17.5 Å². The smallest absolute Gasteiger partial charge is 0.278 e. The third-order valence-electron chi connectivity index (χ3n) is 3.98. The number of aromatic amines is 1. The number of anilines is 3. The van der Waals surface area contributed by atoms with E-state index in [-0.39, 0.29) is 29.6 Å². The summed E-state index contributed by atoms with van der Waals surface area (Å²) in [5, 5.41) is 23.0. The Kier molecular flexibility index (Phi) is 4.38. The van der Waals surface area contributed by atoms with E-state index in [9.17, 15) is 19.8 Å². The molecule has 3 heterocycles. The highest BCUT2D eigenvalue weighted by Gasteiger charge is 2.40. The first-order valence-electron chi connectivity index (χ1n) is 7.63. The van der Waals surface area contributed by atoms with Crippen LogP contribution in [0.15, 0.2) is 29.3 Å². The van der Waals surface area contributed by atoms with Crippen LogP contribution in [0, 0.1) is 0 Å². The number of carbonyl (C=O) groups excluding carboxylic acids is 1. The molecule has 0 saturated carbocycles. The van der Waals surface area contributed by atoms with Gasteiger partial charge in [-0.1, -0.05) is 0 Å². The molecule has 0 saturated heterocycles. The lowest BCUT2D eigenvalue weighted by molar-refractivity contribution is 0.0152. The SMILES string of the molecule is CC(O)C(O)C1CNc2nc(N)[nH]c(=O)c2N1C(=O)c1cccnc1. The molecule has 2 aromatic rings. The maximum Gasteiger partial charge on any atom is 0.278 e. The zero-order chi connectivity index (χ0) is 18.1. The Labute approximate surface area is 142 Å². The van der Waals surface area contributed by atoms with Crippen LogP contribution in [0.1, 0.15) is 17.3 Å². The van der Waals surface area contributed by atoms with E-state index in [2.05, 4.69) is 20.3 Å². The number of nitrogens with two attached hydrogens (primary N) is 1. The standard InChI is InChI=1S/C15H18N6O4/c1-7(22)11(23)9-6-18-12-10(13(24)20-15(16)19-12)21(9)14(25)8-3-2-4-17-5-8/h2-5,7,9,11,22-23H,6H2,1H3,(H4,16,18,19,20,24). The van der Waals surface area contributed by atoms with E-state index in [0.717, 1.165) is 4.90 Å². The molecule has 0 aromatic carbocycles. The fourth-order valence-corrected chi connectivity index (χ4v) is 2.76.